The van der Waals surface area contributed by atoms with Gasteiger partial charge >= 0.3 is 0 Å². The molecule has 0 radical (unpaired) electrons. The number of hydrogen-bond acceptors (Lipinski definition) is 3. The first kappa shape index (κ1) is 11.4. The molecule has 84 valence electrons. The summed E-state index contributed by atoms with van der Waals surface area (Å²) in [5.41, 5.74) is 0.299. The highest BCUT2D eigenvalue weighted by Gasteiger charge is 2.07. The number of halogens is 2. The zero-order chi connectivity index (χ0) is 12.3. The normalized spacial score (nSPS) is 9.71. The van der Waals surface area contributed by atoms with Crippen LogP contribution in [-0.4, -0.2) is 4.98 Å². The zero-order valence-electron chi connectivity index (χ0n) is 8.52. The van der Waals surface area contributed by atoms with Crippen LogP contribution in [0, 0.1) is 17.1 Å². The van der Waals surface area contributed by atoms with E-state index >= 15 is 0 Å². The monoisotopic (exact) mass is 248 g/mol. The minimum Gasteiger partial charge on any atom is -0.438 e. The summed E-state index contributed by atoms with van der Waals surface area (Å²) in [5.74, 6) is -0.0372. The van der Waals surface area contributed by atoms with Gasteiger partial charge < -0.3 is 4.74 Å². The van der Waals surface area contributed by atoms with E-state index in [1.807, 2.05) is 6.07 Å². The van der Waals surface area contributed by atoms with Gasteiger partial charge in [-0.25, -0.2) is 9.37 Å². The Labute approximate surface area is 102 Å². The Bertz CT molecular complexity index is 595. The number of ether oxygens (including phenoxy) is 1. The van der Waals surface area contributed by atoms with Crippen molar-refractivity contribution in [2.75, 3.05) is 0 Å². The summed E-state index contributed by atoms with van der Waals surface area (Å²) < 4.78 is 18.3. The first-order valence-corrected chi connectivity index (χ1v) is 5.06. The average Bonchev–Trinajstić information content (AvgIpc) is 2.34. The molecule has 0 N–H and O–H groups in total. The summed E-state index contributed by atoms with van der Waals surface area (Å²) >= 11 is 5.61. The van der Waals surface area contributed by atoms with E-state index in [1.54, 1.807) is 12.1 Å². The van der Waals surface area contributed by atoms with E-state index in [0.717, 1.165) is 0 Å². The van der Waals surface area contributed by atoms with Crippen molar-refractivity contribution in [1.82, 2.24) is 4.98 Å². The fraction of sp³-hybridized carbons (Fsp3) is 0. The van der Waals surface area contributed by atoms with Crippen LogP contribution in [-0.2, 0) is 0 Å². The maximum atomic E-state index is 12.9. The molecule has 0 amide bonds. The molecule has 0 aliphatic rings. The lowest BCUT2D eigenvalue weighted by Crippen LogP contribution is -1.91. The number of nitrogens with zero attached hydrogens (tertiary/aromatic N) is 2. The van der Waals surface area contributed by atoms with E-state index in [0.29, 0.717) is 11.3 Å². The second-order valence-electron chi connectivity index (χ2n) is 3.15. The van der Waals surface area contributed by atoms with Crippen LogP contribution in [0.1, 0.15) is 5.56 Å². The van der Waals surface area contributed by atoms with Crippen molar-refractivity contribution in [1.29, 1.82) is 5.26 Å². The number of pyridine rings is 1. The SMILES string of the molecule is N#Cc1cccnc1Oc1ccc(F)c(Cl)c1. The van der Waals surface area contributed by atoms with Gasteiger partial charge in [-0.3, -0.25) is 0 Å². The van der Waals surface area contributed by atoms with Crippen LogP contribution in [0.25, 0.3) is 0 Å². The average molecular weight is 249 g/mol. The fourth-order valence-corrected chi connectivity index (χ4v) is 1.38. The van der Waals surface area contributed by atoms with Gasteiger partial charge in [-0.05, 0) is 24.3 Å². The molecule has 3 nitrogen and oxygen atoms in total. The minimum atomic E-state index is -0.527. The van der Waals surface area contributed by atoms with Gasteiger partial charge in [0, 0.05) is 12.3 Å². The Morgan fingerprint density at radius 3 is 2.88 bits per heavy atom. The quantitative estimate of drug-likeness (QED) is 0.817. The topological polar surface area (TPSA) is 45.9 Å². The lowest BCUT2D eigenvalue weighted by molar-refractivity contribution is 0.459. The van der Waals surface area contributed by atoms with Crippen molar-refractivity contribution in [2.24, 2.45) is 0 Å². The predicted octanol–water partition coefficient (Wildman–Crippen LogP) is 3.54. The highest BCUT2D eigenvalue weighted by atomic mass is 35.5. The summed E-state index contributed by atoms with van der Waals surface area (Å²) in [6.45, 7) is 0. The van der Waals surface area contributed by atoms with E-state index in [-0.39, 0.29) is 10.9 Å². The second kappa shape index (κ2) is 4.81. The highest BCUT2D eigenvalue weighted by molar-refractivity contribution is 6.30. The van der Waals surface area contributed by atoms with E-state index < -0.39 is 5.82 Å². The Hall–Kier alpha value is -2.12. The van der Waals surface area contributed by atoms with Gasteiger partial charge in [-0.2, -0.15) is 5.26 Å². The molecule has 0 saturated carbocycles. The van der Waals surface area contributed by atoms with Crippen LogP contribution in [0.2, 0.25) is 5.02 Å². The minimum absolute atomic E-state index is 0.0445. The second-order valence-corrected chi connectivity index (χ2v) is 3.55. The predicted molar refractivity (Wildman–Crippen MR) is 60.4 cm³/mol. The molecule has 0 bridgehead atoms. The third kappa shape index (κ3) is 2.52. The third-order valence-electron chi connectivity index (χ3n) is 2.00. The summed E-state index contributed by atoms with van der Waals surface area (Å²) in [6.07, 6.45) is 1.50. The van der Waals surface area contributed by atoms with Crippen molar-refractivity contribution in [3.8, 4) is 17.7 Å². The molecular weight excluding hydrogens is 243 g/mol. The standard InChI is InChI=1S/C12H6ClFN2O/c13-10-6-9(3-4-11(10)14)17-12-8(7-15)2-1-5-16-12/h1-6H. The van der Waals surface area contributed by atoms with Crippen molar-refractivity contribution in [2.45, 2.75) is 0 Å². The van der Waals surface area contributed by atoms with Crippen LogP contribution >= 0.6 is 11.6 Å². The van der Waals surface area contributed by atoms with Crippen LogP contribution in [0.15, 0.2) is 36.5 Å². The van der Waals surface area contributed by atoms with Crippen molar-refractivity contribution in [3.63, 3.8) is 0 Å². The third-order valence-corrected chi connectivity index (χ3v) is 2.29. The van der Waals surface area contributed by atoms with Crippen LogP contribution < -0.4 is 4.74 Å². The van der Waals surface area contributed by atoms with Crippen molar-refractivity contribution < 1.29 is 9.13 Å². The van der Waals surface area contributed by atoms with Crippen LogP contribution in [0.3, 0.4) is 0 Å². The molecule has 17 heavy (non-hydrogen) atoms. The highest BCUT2D eigenvalue weighted by Crippen LogP contribution is 2.26. The first-order valence-electron chi connectivity index (χ1n) is 4.69. The van der Waals surface area contributed by atoms with Crippen molar-refractivity contribution in [3.05, 3.63) is 52.9 Å². The molecule has 2 rings (SSSR count). The van der Waals surface area contributed by atoms with E-state index in [9.17, 15) is 4.39 Å². The summed E-state index contributed by atoms with van der Waals surface area (Å²) in [6, 6.07) is 9.08. The first-order chi connectivity index (χ1) is 8.20. The zero-order valence-corrected chi connectivity index (χ0v) is 9.28. The number of aromatic nitrogens is 1. The molecule has 0 spiro atoms. The number of rotatable bonds is 2. The van der Waals surface area contributed by atoms with Crippen molar-refractivity contribution >= 4 is 11.6 Å². The van der Waals surface area contributed by atoms with Gasteiger partial charge in [0.05, 0.1) is 5.02 Å². The Kier molecular flexibility index (Phi) is 3.22. The molecule has 0 unspecified atom stereocenters. The molecule has 1 aromatic carbocycles. The van der Waals surface area contributed by atoms with E-state index in [1.165, 1.54) is 24.4 Å². The molecule has 2 aromatic rings. The van der Waals surface area contributed by atoms with Gasteiger partial charge in [-0.1, -0.05) is 11.6 Å². The van der Waals surface area contributed by atoms with E-state index in [2.05, 4.69) is 4.98 Å². The van der Waals surface area contributed by atoms with Gasteiger partial charge in [0.15, 0.2) is 0 Å². The molecule has 0 atom stereocenters. The fourth-order valence-electron chi connectivity index (χ4n) is 1.21. The van der Waals surface area contributed by atoms with E-state index in [4.69, 9.17) is 21.6 Å². The van der Waals surface area contributed by atoms with Gasteiger partial charge in [0.2, 0.25) is 5.88 Å². The lowest BCUT2D eigenvalue weighted by Gasteiger charge is -2.06. The maximum absolute atomic E-state index is 12.9. The largest absolute Gasteiger partial charge is 0.438 e. The molecule has 0 aliphatic heterocycles. The smallest absolute Gasteiger partial charge is 0.237 e. The molecule has 0 aliphatic carbocycles. The maximum Gasteiger partial charge on any atom is 0.237 e. The molecule has 0 saturated heterocycles. The summed E-state index contributed by atoms with van der Waals surface area (Å²) in [4.78, 5) is 3.92. The molecule has 1 heterocycles. The molecule has 1 aromatic heterocycles. The molecular formula is C12H6ClFN2O. The van der Waals surface area contributed by atoms with Crippen LogP contribution in [0.4, 0.5) is 4.39 Å². The van der Waals surface area contributed by atoms with Gasteiger partial charge in [0.25, 0.3) is 0 Å². The summed E-state index contributed by atoms with van der Waals surface area (Å²) in [5, 5.41) is 8.79. The van der Waals surface area contributed by atoms with Gasteiger partial charge in [-0.15, -0.1) is 0 Å². The molecule has 5 heteroatoms. The Balaban J connectivity index is 2.32. The Morgan fingerprint density at radius 1 is 1.35 bits per heavy atom. The molecule has 0 fully saturated rings. The number of nitriles is 1. The number of hydrogen-bond donors (Lipinski definition) is 0. The number of benzene rings is 1. The summed E-state index contributed by atoms with van der Waals surface area (Å²) in [7, 11) is 0. The van der Waals surface area contributed by atoms with Gasteiger partial charge in [0.1, 0.15) is 23.2 Å². The lowest BCUT2D eigenvalue weighted by atomic mass is 10.3. The Morgan fingerprint density at radius 2 is 2.18 bits per heavy atom. The van der Waals surface area contributed by atoms with Crippen LogP contribution in [0.5, 0.6) is 11.6 Å².